The maximum atomic E-state index is 7.83. The minimum Gasteiger partial charge on any atom is -0.344 e. The molecule has 17 heavy (non-hydrogen) atoms. The van der Waals surface area contributed by atoms with E-state index in [-0.39, 0.29) is 0 Å². The van der Waals surface area contributed by atoms with E-state index in [1.165, 1.54) is 0 Å². The highest BCUT2D eigenvalue weighted by atomic mass is 15.4. The molecule has 0 bridgehead atoms. The van der Waals surface area contributed by atoms with E-state index in [0.717, 1.165) is 45.3 Å². The number of nitrogens with zero attached hydrogens (tertiary/aromatic N) is 2. The first-order valence-electron chi connectivity index (χ1n) is 6.60. The molecule has 1 heterocycles. The molecule has 3 nitrogen and oxygen atoms in total. The molecule has 0 amide bonds. The van der Waals surface area contributed by atoms with Crippen LogP contribution in [0.5, 0.6) is 0 Å². The monoisotopic (exact) mass is 235 g/mol. The standard InChI is InChI=1S/C14H25N3/c1-3-4-5-6-7-8-9-10-11-17-13-12-16(2)14(17)15/h4-5,7-8,15H,3,6,9-13H2,1-2H3/b5-4-,8-7-,15-14?. The van der Waals surface area contributed by atoms with Crippen molar-refractivity contribution in [1.29, 1.82) is 5.41 Å². The molecule has 1 N–H and O–H groups in total. The summed E-state index contributed by atoms with van der Waals surface area (Å²) in [6.07, 6.45) is 13.3. The Morgan fingerprint density at radius 1 is 1.18 bits per heavy atom. The minimum absolute atomic E-state index is 0.680. The number of nitrogens with one attached hydrogen (secondary N) is 1. The smallest absolute Gasteiger partial charge is 0.193 e. The Kier molecular flexibility index (Phi) is 6.45. The van der Waals surface area contributed by atoms with Crippen molar-refractivity contribution in [3.05, 3.63) is 24.3 Å². The lowest BCUT2D eigenvalue weighted by molar-refractivity contribution is 0.449. The average Bonchev–Trinajstić information content (AvgIpc) is 2.64. The van der Waals surface area contributed by atoms with Gasteiger partial charge in [-0.2, -0.15) is 0 Å². The highest BCUT2D eigenvalue weighted by Gasteiger charge is 2.20. The van der Waals surface area contributed by atoms with E-state index in [9.17, 15) is 0 Å². The zero-order valence-electron chi connectivity index (χ0n) is 11.2. The van der Waals surface area contributed by atoms with Crippen LogP contribution in [0.1, 0.15) is 32.6 Å². The van der Waals surface area contributed by atoms with E-state index in [1.54, 1.807) is 0 Å². The van der Waals surface area contributed by atoms with Crippen molar-refractivity contribution in [3.8, 4) is 0 Å². The first-order chi connectivity index (χ1) is 8.25. The van der Waals surface area contributed by atoms with Crippen LogP contribution in [0.25, 0.3) is 0 Å². The first kappa shape index (κ1) is 13.8. The van der Waals surface area contributed by atoms with Crippen molar-refractivity contribution in [2.45, 2.75) is 32.6 Å². The van der Waals surface area contributed by atoms with Crippen molar-refractivity contribution in [2.75, 3.05) is 26.7 Å². The Bertz CT molecular complexity index is 281. The lowest BCUT2D eigenvalue weighted by atomic mass is 10.2. The molecule has 0 radical (unpaired) electrons. The van der Waals surface area contributed by atoms with Crippen molar-refractivity contribution >= 4 is 5.96 Å². The molecule has 1 aliphatic rings. The predicted octanol–water partition coefficient (Wildman–Crippen LogP) is 2.86. The van der Waals surface area contributed by atoms with Crippen molar-refractivity contribution in [3.63, 3.8) is 0 Å². The molecule has 1 saturated heterocycles. The van der Waals surface area contributed by atoms with Gasteiger partial charge in [0.15, 0.2) is 5.96 Å². The van der Waals surface area contributed by atoms with Gasteiger partial charge >= 0.3 is 0 Å². The zero-order chi connectivity index (χ0) is 12.5. The van der Waals surface area contributed by atoms with Gasteiger partial charge in [0, 0.05) is 26.7 Å². The number of likely N-dealkylation sites (N-methyl/N-ethyl adjacent to an activating group) is 1. The Balaban J connectivity index is 2.04. The molecule has 1 rings (SSSR count). The van der Waals surface area contributed by atoms with Gasteiger partial charge in [-0.1, -0.05) is 31.2 Å². The van der Waals surface area contributed by atoms with Gasteiger partial charge in [-0.05, 0) is 25.7 Å². The Morgan fingerprint density at radius 3 is 2.59 bits per heavy atom. The molecule has 0 aromatic carbocycles. The van der Waals surface area contributed by atoms with E-state index in [4.69, 9.17) is 5.41 Å². The fraction of sp³-hybridized carbons (Fsp3) is 0.643. The first-order valence-corrected chi connectivity index (χ1v) is 6.60. The Labute approximate surface area is 105 Å². The van der Waals surface area contributed by atoms with Crippen LogP contribution in [-0.4, -0.2) is 42.4 Å². The van der Waals surface area contributed by atoms with Crippen LogP contribution < -0.4 is 0 Å². The molecule has 0 saturated carbocycles. The van der Waals surface area contributed by atoms with Crippen LogP contribution in [-0.2, 0) is 0 Å². The summed E-state index contributed by atoms with van der Waals surface area (Å²) in [5.74, 6) is 0.680. The highest BCUT2D eigenvalue weighted by molar-refractivity contribution is 5.78. The lowest BCUT2D eigenvalue weighted by Gasteiger charge is -2.18. The van der Waals surface area contributed by atoms with Gasteiger partial charge in [0.25, 0.3) is 0 Å². The van der Waals surface area contributed by atoms with Crippen LogP contribution in [0, 0.1) is 5.41 Å². The summed E-state index contributed by atoms with van der Waals surface area (Å²) in [4.78, 5) is 4.16. The van der Waals surface area contributed by atoms with Crippen LogP contribution in [0.2, 0.25) is 0 Å². The largest absolute Gasteiger partial charge is 0.344 e. The van der Waals surface area contributed by atoms with Gasteiger partial charge < -0.3 is 9.80 Å². The SMILES string of the molecule is CC/C=C\C/C=C\CCCN1CCN(C)C1=N. The molecule has 3 heteroatoms. The third kappa shape index (κ3) is 5.07. The van der Waals surface area contributed by atoms with Crippen molar-refractivity contribution in [2.24, 2.45) is 0 Å². The molecule has 96 valence electrons. The Hall–Kier alpha value is -1.25. The number of rotatable bonds is 7. The number of hydrogen-bond donors (Lipinski definition) is 1. The molecule has 0 spiro atoms. The van der Waals surface area contributed by atoms with Gasteiger partial charge in [0.2, 0.25) is 0 Å². The van der Waals surface area contributed by atoms with Gasteiger partial charge in [-0.3, -0.25) is 5.41 Å². The summed E-state index contributed by atoms with van der Waals surface area (Å²) in [7, 11) is 1.99. The van der Waals surface area contributed by atoms with Gasteiger partial charge in [0.05, 0.1) is 0 Å². The maximum absolute atomic E-state index is 7.83. The second-order valence-electron chi connectivity index (χ2n) is 4.46. The average molecular weight is 235 g/mol. The van der Waals surface area contributed by atoms with E-state index < -0.39 is 0 Å². The molecule has 0 aromatic heterocycles. The summed E-state index contributed by atoms with van der Waals surface area (Å²) in [5.41, 5.74) is 0. The predicted molar refractivity (Wildman–Crippen MR) is 74.4 cm³/mol. The second kappa shape index (κ2) is 7.93. The van der Waals surface area contributed by atoms with E-state index in [0.29, 0.717) is 5.96 Å². The van der Waals surface area contributed by atoms with Gasteiger partial charge in [-0.25, -0.2) is 0 Å². The van der Waals surface area contributed by atoms with Crippen LogP contribution in [0.15, 0.2) is 24.3 Å². The summed E-state index contributed by atoms with van der Waals surface area (Å²) in [6, 6.07) is 0. The maximum Gasteiger partial charge on any atom is 0.193 e. The highest BCUT2D eigenvalue weighted by Crippen LogP contribution is 2.06. The molecular formula is C14H25N3. The Morgan fingerprint density at radius 2 is 1.94 bits per heavy atom. The molecule has 0 unspecified atom stereocenters. The summed E-state index contributed by atoms with van der Waals surface area (Å²) in [5, 5.41) is 7.83. The van der Waals surface area contributed by atoms with Crippen LogP contribution in [0.4, 0.5) is 0 Å². The number of allylic oxidation sites excluding steroid dienone is 4. The number of unbranched alkanes of at least 4 members (excludes halogenated alkanes) is 1. The van der Waals surface area contributed by atoms with E-state index in [1.807, 2.05) is 11.9 Å². The molecular weight excluding hydrogens is 210 g/mol. The zero-order valence-corrected chi connectivity index (χ0v) is 11.2. The molecule has 1 aliphatic heterocycles. The summed E-state index contributed by atoms with van der Waals surface area (Å²) >= 11 is 0. The van der Waals surface area contributed by atoms with Crippen LogP contribution in [0.3, 0.4) is 0 Å². The molecule has 1 fully saturated rings. The van der Waals surface area contributed by atoms with E-state index >= 15 is 0 Å². The summed E-state index contributed by atoms with van der Waals surface area (Å²) in [6.45, 7) is 5.18. The second-order valence-corrected chi connectivity index (χ2v) is 4.46. The normalized spacial score (nSPS) is 16.9. The summed E-state index contributed by atoms with van der Waals surface area (Å²) < 4.78 is 0. The molecule has 0 atom stereocenters. The fourth-order valence-corrected chi connectivity index (χ4v) is 1.90. The molecule has 0 aromatic rings. The number of guanidine groups is 1. The van der Waals surface area contributed by atoms with Crippen molar-refractivity contribution < 1.29 is 0 Å². The third-order valence-corrected chi connectivity index (χ3v) is 3.01. The quantitative estimate of drug-likeness (QED) is 0.543. The minimum atomic E-state index is 0.680. The van der Waals surface area contributed by atoms with Gasteiger partial charge in [-0.15, -0.1) is 0 Å². The fourth-order valence-electron chi connectivity index (χ4n) is 1.90. The van der Waals surface area contributed by atoms with Crippen LogP contribution >= 0.6 is 0 Å². The topological polar surface area (TPSA) is 30.3 Å². The van der Waals surface area contributed by atoms with Crippen molar-refractivity contribution in [1.82, 2.24) is 9.80 Å². The van der Waals surface area contributed by atoms with Gasteiger partial charge in [0.1, 0.15) is 0 Å². The van der Waals surface area contributed by atoms with E-state index in [2.05, 4.69) is 36.1 Å². The lowest BCUT2D eigenvalue weighted by Crippen LogP contribution is -2.30. The number of hydrogen-bond acceptors (Lipinski definition) is 1. The third-order valence-electron chi connectivity index (χ3n) is 3.01. The molecule has 0 aliphatic carbocycles.